The zero-order valence-corrected chi connectivity index (χ0v) is 15.3. The Morgan fingerprint density at radius 1 is 1.43 bits per heavy atom. The molecule has 21 heavy (non-hydrogen) atoms. The second kappa shape index (κ2) is 5.74. The number of nitrogens with zero attached hydrogens (tertiary/aromatic N) is 4. The summed E-state index contributed by atoms with van der Waals surface area (Å²) in [5, 5.41) is 4.34. The SMILES string of the molecule is Cc1nn(C)c2c1nc(C(C)Cl)n2CCc1ccc(Br)s1. The molecule has 0 saturated carbocycles. The number of aromatic nitrogens is 4. The average Bonchev–Trinajstić information content (AvgIpc) is 3.05. The van der Waals surface area contributed by atoms with E-state index in [9.17, 15) is 0 Å². The van der Waals surface area contributed by atoms with E-state index in [2.05, 4.69) is 37.7 Å². The highest BCUT2D eigenvalue weighted by molar-refractivity contribution is 9.11. The van der Waals surface area contributed by atoms with Gasteiger partial charge in [-0.25, -0.2) is 4.98 Å². The van der Waals surface area contributed by atoms with Crippen LogP contribution in [0.1, 0.15) is 28.7 Å². The first-order valence-corrected chi connectivity index (χ1v) is 8.80. The van der Waals surface area contributed by atoms with Gasteiger partial charge in [0.15, 0.2) is 5.65 Å². The van der Waals surface area contributed by atoms with Crippen molar-refractivity contribution in [2.24, 2.45) is 7.05 Å². The largest absolute Gasteiger partial charge is 0.311 e. The molecular formula is C14H16BrClN4S. The molecule has 0 saturated heterocycles. The zero-order chi connectivity index (χ0) is 15.1. The smallest absolute Gasteiger partial charge is 0.158 e. The lowest BCUT2D eigenvalue weighted by molar-refractivity contribution is 0.640. The van der Waals surface area contributed by atoms with Crippen LogP contribution in [0.3, 0.4) is 0 Å². The Morgan fingerprint density at radius 2 is 2.19 bits per heavy atom. The fourth-order valence-corrected chi connectivity index (χ4v) is 4.22. The van der Waals surface area contributed by atoms with Gasteiger partial charge in [0, 0.05) is 18.5 Å². The molecule has 1 unspecified atom stereocenters. The maximum Gasteiger partial charge on any atom is 0.158 e. The quantitative estimate of drug-likeness (QED) is 0.620. The van der Waals surface area contributed by atoms with Crippen LogP contribution >= 0.6 is 38.9 Å². The van der Waals surface area contributed by atoms with Gasteiger partial charge in [-0.15, -0.1) is 22.9 Å². The summed E-state index contributed by atoms with van der Waals surface area (Å²) < 4.78 is 5.25. The molecule has 0 fully saturated rings. The highest BCUT2D eigenvalue weighted by Gasteiger charge is 2.20. The molecular weight excluding hydrogens is 372 g/mol. The lowest BCUT2D eigenvalue weighted by atomic mass is 10.3. The van der Waals surface area contributed by atoms with E-state index in [-0.39, 0.29) is 5.38 Å². The third kappa shape index (κ3) is 2.76. The van der Waals surface area contributed by atoms with Crippen LogP contribution in [0.2, 0.25) is 0 Å². The molecule has 1 atom stereocenters. The van der Waals surface area contributed by atoms with Crippen molar-refractivity contribution in [1.82, 2.24) is 19.3 Å². The van der Waals surface area contributed by atoms with Gasteiger partial charge in [-0.05, 0) is 48.3 Å². The zero-order valence-electron chi connectivity index (χ0n) is 12.1. The van der Waals surface area contributed by atoms with Gasteiger partial charge in [-0.3, -0.25) is 4.68 Å². The summed E-state index contributed by atoms with van der Waals surface area (Å²) in [7, 11) is 1.96. The highest BCUT2D eigenvalue weighted by atomic mass is 79.9. The summed E-state index contributed by atoms with van der Waals surface area (Å²) in [6, 6.07) is 4.24. The Morgan fingerprint density at radius 3 is 2.81 bits per heavy atom. The van der Waals surface area contributed by atoms with Crippen molar-refractivity contribution in [1.29, 1.82) is 0 Å². The van der Waals surface area contributed by atoms with Crippen molar-refractivity contribution in [3.8, 4) is 0 Å². The topological polar surface area (TPSA) is 35.6 Å². The Labute approximate surface area is 140 Å². The normalized spacial score (nSPS) is 13.2. The van der Waals surface area contributed by atoms with Crippen LogP contribution in [-0.4, -0.2) is 19.3 Å². The standard InChI is InChI=1S/C14H16BrClN4S/c1-8(16)13-17-12-9(2)18-19(3)14(12)20(13)7-6-10-4-5-11(15)21-10/h4-5,8H,6-7H2,1-3H3. The van der Waals surface area contributed by atoms with Gasteiger partial charge in [0.05, 0.1) is 14.9 Å². The number of rotatable bonds is 4. The van der Waals surface area contributed by atoms with Crippen LogP contribution in [-0.2, 0) is 20.0 Å². The summed E-state index contributed by atoms with van der Waals surface area (Å²) in [6.07, 6.45) is 0.961. The van der Waals surface area contributed by atoms with Crippen LogP contribution in [0.4, 0.5) is 0 Å². The summed E-state index contributed by atoms with van der Waals surface area (Å²) in [4.78, 5) is 6.04. The van der Waals surface area contributed by atoms with Crippen molar-refractivity contribution in [3.63, 3.8) is 0 Å². The predicted octanol–water partition coefficient (Wildman–Crippen LogP) is 4.44. The first-order valence-electron chi connectivity index (χ1n) is 6.75. The van der Waals surface area contributed by atoms with Crippen molar-refractivity contribution >= 4 is 50.0 Å². The first kappa shape index (κ1) is 15.1. The van der Waals surface area contributed by atoms with Gasteiger partial charge in [-0.1, -0.05) is 0 Å². The fraction of sp³-hybridized carbons (Fsp3) is 0.429. The number of hydrogen-bond donors (Lipinski definition) is 0. The summed E-state index contributed by atoms with van der Waals surface area (Å²) >= 11 is 11.6. The van der Waals surface area contributed by atoms with Crippen molar-refractivity contribution in [3.05, 3.63) is 32.3 Å². The lowest BCUT2D eigenvalue weighted by Gasteiger charge is -2.10. The van der Waals surface area contributed by atoms with Gasteiger partial charge in [0.25, 0.3) is 0 Å². The molecule has 0 bridgehead atoms. The minimum atomic E-state index is -0.119. The Balaban J connectivity index is 2.00. The van der Waals surface area contributed by atoms with E-state index >= 15 is 0 Å². The van der Waals surface area contributed by atoms with E-state index in [0.717, 1.165) is 39.4 Å². The van der Waals surface area contributed by atoms with E-state index in [1.54, 1.807) is 11.3 Å². The number of fused-ring (bicyclic) bond motifs is 1. The van der Waals surface area contributed by atoms with Gasteiger partial charge < -0.3 is 4.57 Å². The molecule has 3 aromatic rings. The van der Waals surface area contributed by atoms with Crippen LogP contribution in [0.25, 0.3) is 11.2 Å². The Kier molecular flexibility index (Phi) is 4.12. The molecule has 0 aliphatic carbocycles. The predicted molar refractivity (Wildman–Crippen MR) is 91.2 cm³/mol. The third-order valence-electron chi connectivity index (χ3n) is 3.49. The van der Waals surface area contributed by atoms with Crippen molar-refractivity contribution in [2.45, 2.75) is 32.2 Å². The molecule has 112 valence electrons. The van der Waals surface area contributed by atoms with E-state index < -0.39 is 0 Å². The fourth-order valence-electron chi connectivity index (χ4n) is 2.58. The molecule has 0 amide bonds. The van der Waals surface area contributed by atoms with E-state index in [0.29, 0.717) is 0 Å². The minimum absolute atomic E-state index is 0.119. The monoisotopic (exact) mass is 386 g/mol. The number of halogens is 2. The Bertz CT molecular complexity index is 786. The highest BCUT2D eigenvalue weighted by Crippen LogP contribution is 2.28. The summed E-state index contributed by atoms with van der Waals surface area (Å²) in [5.41, 5.74) is 2.95. The number of hydrogen-bond acceptors (Lipinski definition) is 3. The van der Waals surface area contributed by atoms with Gasteiger partial charge >= 0.3 is 0 Å². The minimum Gasteiger partial charge on any atom is -0.311 e. The second-order valence-corrected chi connectivity index (χ2v) is 8.28. The molecule has 0 spiro atoms. The molecule has 0 aromatic carbocycles. The van der Waals surface area contributed by atoms with Crippen molar-refractivity contribution in [2.75, 3.05) is 0 Å². The third-order valence-corrected chi connectivity index (χ3v) is 5.36. The van der Waals surface area contributed by atoms with Crippen LogP contribution in [0.5, 0.6) is 0 Å². The van der Waals surface area contributed by atoms with Crippen LogP contribution in [0.15, 0.2) is 15.9 Å². The molecule has 3 heterocycles. The molecule has 3 rings (SSSR count). The van der Waals surface area contributed by atoms with Gasteiger partial charge in [0.2, 0.25) is 0 Å². The lowest BCUT2D eigenvalue weighted by Crippen LogP contribution is -2.09. The molecule has 4 nitrogen and oxygen atoms in total. The van der Waals surface area contributed by atoms with E-state index in [1.807, 2.05) is 25.6 Å². The van der Waals surface area contributed by atoms with Gasteiger partial charge in [-0.2, -0.15) is 5.10 Å². The van der Waals surface area contributed by atoms with Crippen LogP contribution in [0, 0.1) is 6.92 Å². The van der Waals surface area contributed by atoms with Crippen LogP contribution < -0.4 is 0 Å². The first-order chi connectivity index (χ1) is 9.97. The van der Waals surface area contributed by atoms with Crippen molar-refractivity contribution < 1.29 is 0 Å². The second-order valence-electron chi connectivity index (χ2n) is 5.07. The number of aryl methyl sites for hydroxylation is 4. The molecule has 0 aliphatic heterocycles. The Hall–Kier alpha value is -0.850. The molecule has 7 heteroatoms. The summed E-state index contributed by atoms with van der Waals surface area (Å²) in [6.45, 7) is 4.80. The van der Waals surface area contributed by atoms with E-state index in [1.165, 1.54) is 4.88 Å². The molecule has 0 aliphatic rings. The maximum atomic E-state index is 6.31. The molecule has 0 radical (unpaired) electrons. The van der Waals surface area contributed by atoms with E-state index in [4.69, 9.17) is 16.6 Å². The van der Waals surface area contributed by atoms with Gasteiger partial charge in [0.1, 0.15) is 11.3 Å². The number of thiophene rings is 1. The average molecular weight is 388 g/mol. The maximum absolute atomic E-state index is 6.31. The molecule has 0 N–H and O–H groups in total. The number of alkyl halides is 1. The number of imidazole rings is 1. The molecule has 3 aromatic heterocycles. The summed E-state index contributed by atoms with van der Waals surface area (Å²) in [5.74, 6) is 0.915.